The highest BCUT2D eigenvalue weighted by atomic mass is 14.9. The van der Waals surface area contributed by atoms with E-state index >= 15 is 0 Å². The fourth-order valence-corrected chi connectivity index (χ4v) is 0.312. The van der Waals surface area contributed by atoms with Crippen LogP contribution < -0.4 is 0 Å². The highest BCUT2D eigenvalue weighted by Gasteiger charge is 1.83. The van der Waals surface area contributed by atoms with Crippen molar-refractivity contribution in [2.75, 3.05) is 13.6 Å². The Balaban J connectivity index is 2.97. The van der Waals surface area contributed by atoms with E-state index in [1.807, 2.05) is 17.7 Å². The van der Waals surface area contributed by atoms with Crippen LogP contribution in [0.5, 0.6) is 0 Å². The Morgan fingerprint density at radius 1 is 1.71 bits per heavy atom. The average molecular weight is 98.2 g/mol. The molecule has 0 saturated heterocycles. The first-order chi connectivity index (χ1) is 3.27. The van der Waals surface area contributed by atoms with E-state index in [2.05, 4.69) is 13.3 Å². The molecule has 0 amide bonds. The molecule has 0 fully saturated rings. The van der Waals surface area contributed by atoms with Gasteiger partial charge >= 0.3 is 0 Å². The van der Waals surface area contributed by atoms with Crippen molar-refractivity contribution in [1.82, 2.24) is 0 Å². The second-order valence-corrected chi connectivity index (χ2v) is 1.66. The van der Waals surface area contributed by atoms with Gasteiger partial charge in [-0.3, -0.25) is 0 Å². The molecule has 0 saturated carbocycles. The topological polar surface area (TPSA) is 3.01 Å². The Labute approximate surface area is 45.0 Å². The number of hydrogen-bond donors (Lipinski definition) is 0. The Bertz CT molecular complexity index is 74.2. The van der Waals surface area contributed by atoms with Crippen LogP contribution in [0.15, 0.2) is 12.7 Å². The molecule has 0 spiro atoms. The molecule has 0 radical (unpaired) electrons. The van der Waals surface area contributed by atoms with Gasteiger partial charge in [0, 0.05) is 6.42 Å². The molecule has 0 bridgehead atoms. The molecule has 0 atom stereocenters. The van der Waals surface area contributed by atoms with Gasteiger partial charge < -0.3 is 0 Å². The maximum Gasteiger partial charge on any atom is 0.145 e. The van der Waals surface area contributed by atoms with Crippen molar-refractivity contribution in [3.05, 3.63) is 12.7 Å². The van der Waals surface area contributed by atoms with E-state index < -0.39 is 0 Å². The van der Waals surface area contributed by atoms with Crippen molar-refractivity contribution in [2.45, 2.75) is 6.42 Å². The van der Waals surface area contributed by atoms with Gasteiger partial charge in [-0.1, -0.05) is 6.08 Å². The molecular formula is C6H12N+. The first-order valence-electron chi connectivity index (χ1n) is 2.40. The van der Waals surface area contributed by atoms with E-state index in [0.717, 1.165) is 13.0 Å². The summed E-state index contributed by atoms with van der Waals surface area (Å²) in [5, 5.41) is 0. The Morgan fingerprint density at radius 3 is 2.43 bits per heavy atom. The third-order valence-electron chi connectivity index (χ3n) is 0.715. The van der Waals surface area contributed by atoms with Gasteiger partial charge in [0.15, 0.2) is 0 Å². The Morgan fingerprint density at radius 2 is 2.29 bits per heavy atom. The lowest BCUT2D eigenvalue weighted by Crippen LogP contribution is -2.01. The first kappa shape index (κ1) is 6.41. The zero-order valence-electron chi connectivity index (χ0n) is 4.85. The minimum atomic E-state index is 1.00. The van der Waals surface area contributed by atoms with Crippen LogP contribution in [0.4, 0.5) is 0 Å². The number of rotatable bonds is 3. The zero-order valence-corrected chi connectivity index (χ0v) is 4.85. The molecular weight excluding hydrogens is 86.1 g/mol. The first-order valence-corrected chi connectivity index (χ1v) is 2.40. The van der Waals surface area contributed by atoms with E-state index in [1.54, 1.807) is 0 Å². The molecule has 0 aliphatic heterocycles. The summed E-state index contributed by atoms with van der Waals surface area (Å²) in [6.45, 7) is 8.24. The van der Waals surface area contributed by atoms with Crippen molar-refractivity contribution in [2.24, 2.45) is 0 Å². The molecule has 0 rings (SSSR count). The van der Waals surface area contributed by atoms with Crippen LogP contribution in [-0.4, -0.2) is 24.9 Å². The van der Waals surface area contributed by atoms with E-state index in [0.29, 0.717) is 0 Å². The van der Waals surface area contributed by atoms with Crippen molar-refractivity contribution in [3.63, 3.8) is 0 Å². The van der Waals surface area contributed by atoms with Crippen LogP contribution in [0.2, 0.25) is 0 Å². The Kier molecular flexibility index (Phi) is 3.29. The number of hydrogen-bond acceptors (Lipinski definition) is 0. The van der Waals surface area contributed by atoms with Crippen LogP contribution in [0.25, 0.3) is 0 Å². The lowest BCUT2D eigenvalue weighted by Gasteiger charge is -1.85. The predicted molar refractivity (Wildman–Crippen MR) is 33.0 cm³/mol. The molecule has 0 aromatic carbocycles. The summed E-state index contributed by atoms with van der Waals surface area (Å²) >= 11 is 0. The van der Waals surface area contributed by atoms with Gasteiger partial charge in [-0.2, -0.15) is 0 Å². The van der Waals surface area contributed by atoms with Crippen LogP contribution in [0, 0.1) is 0 Å². The summed E-state index contributed by atoms with van der Waals surface area (Å²) in [6, 6.07) is 0. The Hall–Kier alpha value is -0.590. The SMILES string of the molecule is C=CCC[N+](=C)C. The van der Waals surface area contributed by atoms with Gasteiger partial charge in [0.2, 0.25) is 0 Å². The minimum Gasteiger partial charge on any atom is -0.245 e. The van der Waals surface area contributed by atoms with E-state index in [-0.39, 0.29) is 0 Å². The van der Waals surface area contributed by atoms with Crippen molar-refractivity contribution < 1.29 is 4.58 Å². The van der Waals surface area contributed by atoms with Crippen molar-refractivity contribution in [3.8, 4) is 0 Å². The fourth-order valence-electron chi connectivity index (χ4n) is 0.312. The quantitative estimate of drug-likeness (QED) is 0.280. The molecule has 0 N–H and O–H groups in total. The molecule has 0 aromatic heterocycles. The van der Waals surface area contributed by atoms with Crippen LogP contribution in [0.1, 0.15) is 6.42 Å². The lowest BCUT2D eigenvalue weighted by molar-refractivity contribution is -0.487. The summed E-state index contributed by atoms with van der Waals surface area (Å²) in [6.07, 6.45) is 2.92. The molecule has 0 aliphatic rings. The molecule has 0 aliphatic carbocycles. The smallest absolute Gasteiger partial charge is 0.145 e. The van der Waals surface area contributed by atoms with Crippen LogP contribution in [0.3, 0.4) is 0 Å². The average Bonchev–Trinajstić information content (AvgIpc) is 1.61. The number of nitrogens with zero attached hydrogens (tertiary/aromatic N) is 1. The summed E-state index contributed by atoms with van der Waals surface area (Å²) < 4.78 is 1.89. The second-order valence-electron chi connectivity index (χ2n) is 1.66. The fraction of sp³-hybridized carbons (Fsp3) is 0.500. The highest BCUT2D eigenvalue weighted by molar-refractivity contribution is 5.14. The van der Waals surface area contributed by atoms with Crippen LogP contribution >= 0.6 is 0 Å². The zero-order chi connectivity index (χ0) is 5.70. The maximum atomic E-state index is 3.66. The summed E-state index contributed by atoms with van der Waals surface area (Å²) in [4.78, 5) is 0. The molecule has 0 aromatic rings. The summed E-state index contributed by atoms with van der Waals surface area (Å²) in [5.41, 5.74) is 0. The third-order valence-corrected chi connectivity index (χ3v) is 0.715. The van der Waals surface area contributed by atoms with E-state index in [1.165, 1.54) is 0 Å². The van der Waals surface area contributed by atoms with Gasteiger partial charge in [0.25, 0.3) is 0 Å². The van der Waals surface area contributed by atoms with E-state index in [9.17, 15) is 0 Å². The predicted octanol–water partition coefficient (Wildman–Crippen LogP) is 0.905. The molecule has 7 heavy (non-hydrogen) atoms. The van der Waals surface area contributed by atoms with Crippen molar-refractivity contribution >= 4 is 6.72 Å². The lowest BCUT2D eigenvalue weighted by atomic mass is 10.4. The van der Waals surface area contributed by atoms with Crippen molar-refractivity contribution in [1.29, 1.82) is 0 Å². The second kappa shape index (κ2) is 3.59. The summed E-state index contributed by atoms with van der Waals surface area (Å²) in [7, 11) is 1.95. The third kappa shape index (κ3) is 5.41. The van der Waals surface area contributed by atoms with Gasteiger partial charge in [0.1, 0.15) is 20.3 Å². The molecule has 40 valence electrons. The van der Waals surface area contributed by atoms with Gasteiger partial charge in [-0.05, 0) is 0 Å². The summed E-state index contributed by atoms with van der Waals surface area (Å²) in [5.74, 6) is 0. The molecule has 0 unspecified atom stereocenters. The van der Waals surface area contributed by atoms with Gasteiger partial charge in [-0.15, -0.1) is 6.58 Å². The van der Waals surface area contributed by atoms with Gasteiger partial charge in [0.05, 0.1) is 0 Å². The highest BCUT2D eigenvalue weighted by Crippen LogP contribution is 1.75. The van der Waals surface area contributed by atoms with E-state index in [4.69, 9.17) is 0 Å². The minimum absolute atomic E-state index is 1.00. The monoisotopic (exact) mass is 98.1 g/mol. The standard InChI is InChI=1S/C6H12N/c1-4-5-6-7(2)3/h4H,1-2,5-6H2,3H3/q+1. The molecule has 1 heteroatoms. The normalized spacial score (nSPS) is 8.14. The molecule has 1 nitrogen and oxygen atoms in total. The van der Waals surface area contributed by atoms with Gasteiger partial charge in [-0.25, -0.2) is 4.58 Å². The molecule has 0 heterocycles. The van der Waals surface area contributed by atoms with Crippen LogP contribution in [-0.2, 0) is 0 Å². The largest absolute Gasteiger partial charge is 0.245 e. The maximum absolute atomic E-state index is 3.66.